The first-order chi connectivity index (χ1) is 7.07. The molecule has 1 aromatic rings. The summed E-state index contributed by atoms with van der Waals surface area (Å²) in [6, 6.07) is 6.14. The number of pyridine rings is 1. The number of hydrogen-bond acceptors (Lipinski definition) is 2. The molecule has 1 saturated heterocycles. The molecule has 0 aliphatic carbocycles. The van der Waals surface area contributed by atoms with E-state index in [2.05, 4.69) is 42.8 Å². The van der Waals surface area contributed by atoms with E-state index in [1.165, 1.54) is 6.42 Å². The van der Waals surface area contributed by atoms with Crippen molar-refractivity contribution in [2.45, 2.75) is 27.2 Å². The standard InChI is InChI=1S/C13H20N2/c1-13(2,3)11-7-9-15(10-11)12-6-4-5-8-14-12/h4-6,8,11H,7,9-10H2,1-3H3. The van der Waals surface area contributed by atoms with Gasteiger partial charge in [0.2, 0.25) is 0 Å². The molecule has 2 nitrogen and oxygen atoms in total. The highest BCUT2D eigenvalue weighted by Gasteiger charge is 2.31. The third-order valence-corrected chi connectivity index (χ3v) is 3.39. The van der Waals surface area contributed by atoms with Gasteiger partial charge in [-0.15, -0.1) is 0 Å². The normalized spacial score (nSPS) is 22.1. The summed E-state index contributed by atoms with van der Waals surface area (Å²) in [5.41, 5.74) is 0.420. The van der Waals surface area contributed by atoms with Crippen LogP contribution >= 0.6 is 0 Å². The van der Waals surface area contributed by atoms with Crippen LogP contribution in [-0.2, 0) is 0 Å². The molecule has 0 radical (unpaired) electrons. The average molecular weight is 204 g/mol. The van der Waals surface area contributed by atoms with Crippen LogP contribution in [0, 0.1) is 11.3 Å². The number of hydrogen-bond donors (Lipinski definition) is 0. The van der Waals surface area contributed by atoms with Gasteiger partial charge >= 0.3 is 0 Å². The first-order valence-electron chi connectivity index (χ1n) is 5.73. The topological polar surface area (TPSA) is 16.1 Å². The monoisotopic (exact) mass is 204 g/mol. The van der Waals surface area contributed by atoms with Crippen LogP contribution in [0.1, 0.15) is 27.2 Å². The number of aromatic nitrogens is 1. The molecule has 1 aliphatic rings. The van der Waals surface area contributed by atoms with Gasteiger partial charge in [-0.25, -0.2) is 4.98 Å². The molecule has 1 unspecified atom stereocenters. The lowest BCUT2D eigenvalue weighted by atomic mass is 9.80. The van der Waals surface area contributed by atoms with E-state index in [1.54, 1.807) is 0 Å². The lowest BCUT2D eigenvalue weighted by Crippen LogP contribution is -2.26. The van der Waals surface area contributed by atoms with Gasteiger partial charge in [0.1, 0.15) is 5.82 Å². The summed E-state index contributed by atoms with van der Waals surface area (Å²) in [4.78, 5) is 6.80. The molecule has 2 heteroatoms. The molecule has 2 rings (SSSR count). The van der Waals surface area contributed by atoms with Crippen molar-refractivity contribution in [2.75, 3.05) is 18.0 Å². The Morgan fingerprint density at radius 2 is 2.13 bits per heavy atom. The van der Waals surface area contributed by atoms with Crippen molar-refractivity contribution in [3.8, 4) is 0 Å². The zero-order valence-corrected chi connectivity index (χ0v) is 9.90. The minimum absolute atomic E-state index is 0.420. The summed E-state index contributed by atoms with van der Waals surface area (Å²) in [5, 5.41) is 0. The lowest BCUT2D eigenvalue weighted by molar-refractivity contribution is 0.263. The number of rotatable bonds is 1. The smallest absolute Gasteiger partial charge is 0.128 e. The maximum atomic E-state index is 4.40. The Labute approximate surface area is 92.3 Å². The van der Waals surface area contributed by atoms with E-state index < -0.39 is 0 Å². The second kappa shape index (κ2) is 3.84. The van der Waals surface area contributed by atoms with Crippen molar-refractivity contribution in [1.82, 2.24) is 4.98 Å². The fourth-order valence-corrected chi connectivity index (χ4v) is 2.22. The molecule has 82 valence electrons. The van der Waals surface area contributed by atoms with Gasteiger partial charge in [-0.2, -0.15) is 0 Å². The summed E-state index contributed by atoms with van der Waals surface area (Å²) in [7, 11) is 0. The molecule has 1 atom stereocenters. The molecule has 0 spiro atoms. The van der Waals surface area contributed by atoms with Gasteiger partial charge in [-0.3, -0.25) is 0 Å². The Bertz CT molecular complexity index is 313. The fraction of sp³-hybridized carbons (Fsp3) is 0.615. The van der Waals surface area contributed by atoms with Gasteiger partial charge in [0.15, 0.2) is 0 Å². The summed E-state index contributed by atoms with van der Waals surface area (Å²) in [6.45, 7) is 9.30. The highest BCUT2D eigenvalue weighted by molar-refractivity contribution is 5.39. The molecular weight excluding hydrogens is 184 g/mol. The van der Waals surface area contributed by atoms with Crippen molar-refractivity contribution in [3.63, 3.8) is 0 Å². The van der Waals surface area contributed by atoms with Crippen molar-refractivity contribution < 1.29 is 0 Å². The maximum Gasteiger partial charge on any atom is 0.128 e. The fourth-order valence-electron chi connectivity index (χ4n) is 2.22. The van der Waals surface area contributed by atoms with Gasteiger partial charge in [-0.05, 0) is 29.9 Å². The van der Waals surface area contributed by atoms with E-state index in [4.69, 9.17) is 0 Å². The van der Waals surface area contributed by atoms with Crippen LogP contribution in [0.5, 0.6) is 0 Å². The minimum atomic E-state index is 0.420. The molecule has 15 heavy (non-hydrogen) atoms. The van der Waals surface area contributed by atoms with E-state index in [9.17, 15) is 0 Å². The van der Waals surface area contributed by atoms with E-state index in [1.807, 2.05) is 12.3 Å². The van der Waals surface area contributed by atoms with Crippen molar-refractivity contribution in [3.05, 3.63) is 24.4 Å². The molecule has 1 fully saturated rings. The van der Waals surface area contributed by atoms with Crippen LogP contribution in [0.25, 0.3) is 0 Å². The maximum absolute atomic E-state index is 4.40. The Balaban J connectivity index is 2.05. The lowest BCUT2D eigenvalue weighted by Gasteiger charge is -2.27. The highest BCUT2D eigenvalue weighted by Crippen LogP contribution is 2.34. The molecule has 0 amide bonds. The summed E-state index contributed by atoms with van der Waals surface area (Å²) >= 11 is 0. The third-order valence-electron chi connectivity index (χ3n) is 3.39. The van der Waals surface area contributed by atoms with Crippen molar-refractivity contribution >= 4 is 5.82 Å². The Morgan fingerprint density at radius 3 is 2.67 bits per heavy atom. The van der Waals surface area contributed by atoms with E-state index >= 15 is 0 Å². The van der Waals surface area contributed by atoms with Crippen LogP contribution in [0.15, 0.2) is 24.4 Å². The average Bonchev–Trinajstić information content (AvgIpc) is 2.67. The van der Waals surface area contributed by atoms with Crippen molar-refractivity contribution in [1.29, 1.82) is 0 Å². The third kappa shape index (κ3) is 2.31. The Hall–Kier alpha value is -1.05. The van der Waals surface area contributed by atoms with Crippen LogP contribution < -0.4 is 4.90 Å². The Kier molecular flexibility index (Phi) is 2.68. The zero-order valence-electron chi connectivity index (χ0n) is 9.90. The van der Waals surface area contributed by atoms with Crippen LogP contribution in [-0.4, -0.2) is 18.1 Å². The van der Waals surface area contributed by atoms with Gasteiger partial charge in [-0.1, -0.05) is 26.8 Å². The SMILES string of the molecule is CC(C)(C)C1CCN(c2ccccn2)C1. The van der Waals surface area contributed by atoms with Gasteiger partial charge in [0.05, 0.1) is 0 Å². The zero-order chi connectivity index (χ0) is 10.9. The molecule has 1 aliphatic heterocycles. The molecule has 0 saturated carbocycles. The van der Waals surface area contributed by atoms with E-state index in [0.29, 0.717) is 5.41 Å². The summed E-state index contributed by atoms with van der Waals surface area (Å²) in [6.07, 6.45) is 3.17. The van der Waals surface area contributed by atoms with E-state index in [-0.39, 0.29) is 0 Å². The molecule has 0 N–H and O–H groups in total. The first-order valence-corrected chi connectivity index (χ1v) is 5.73. The van der Waals surface area contributed by atoms with Gasteiger partial charge in [0, 0.05) is 19.3 Å². The van der Waals surface area contributed by atoms with Crippen LogP contribution in [0.3, 0.4) is 0 Å². The summed E-state index contributed by atoms with van der Waals surface area (Å²) in [5.74, 6) is 1.92. The largest absolute Gasteiger partial charge is 0.356 e. The van der Waals surface area contributed by atoms with Gasteiger partial charge in [0.25, 0.3) is 0 Å². The molecule has 0 aromatic carbocycles. The molecule has 0 bridgehead atoms. The van der Waals surface area contributed by atoms with Crippen molar-refractivity contribution in [2.24, 2.45) is 11.3 Å². The number of nitrogens with zero attached hydrogens (tertiary/aromatic N) is 2. The first kappa shape index (κ1) is 10.5. The van der Waals surface area contributed by atoms with E-state index in [0.717, 1.165) is 24.8 Å². The highest BCUT2D eigenvalue weighted by atomic mass is 15.2. The summed E-state index contributed by atoms with van der Waals surface area (Å²) < 4.78 is 0. The molecule has 2 heterocycles. The molecule has 1 aromatic heterocycles. The predicted molar refractivity (Wildman–Crippen MR) is 64.0 cm³/mol. The van der Waals surface area contributed by atoms with Crippen LogP contribution in [0.2, 0.25) is 0 Å². The quantitative estimate of drug-likeness (QED) is 0.699. The predicted octanol–water partition coefficient (Wildman–Crippen LogP) is 2.95. The number of anilines is 1. The second-order valence-electron chi connectivity index (χ2n) is 5.49. The minimum Gasteiger partial charge on any atom is -0.356 e. The van der Waals surface area contributed by atoms with Gasteiger partial charge < -0.3 is 4.90 Å². The second-order valence-corrected chi connectivity index (χ2v) is 5.49. The molecular formula is C13H20N2. The van der Waals surface area contributed by atoms with Crippen LogP contribution in [0.4, 0.5) is 5.82 Å². The Morgan fingerprint density at radius 1 is 1.33 bits per heavy atom.